The number of rotatable bonds is 8. The number of carbonyl (C=O) groups is 2. The lowest BCUT2D eigenvalue weighted by Crippen LogP contribution is -2.17. The van der Waals surface area contributed by atoms with Gasteiger partial charge in [0.1, 0.15) is 5.75 Å². The highest BCUT2D eigenvalue weighted by Gasteiger charge is 2.14. The van der Waals surface area contributed by atoms with Gasteiger partial charge in [-0.25, -0.2) is 10.2 Å². The first-order valence-electron chi connectivity index (χ1n) is 9.53. The molecule has 33 heavy (non-hydrogen) atoms. The average molecular weight is 449 g/mol. The van der Waals surface area contributed by atoms with E-state index in [1.807, 2.05) is 0 Å². The SMILES string of the molecule is COc1ccc(C(=O)Oc2ccc(/C=N/NC(=O)c3cccc([N+](=O)[O-])c3)cc2OC)cc1. The molecule has 3 aromatic rings. The van der Waals surface area contributed by atoms with Crippen molar-refractivity contribution in [2.75, 3.05) is 14.2 Å². The molecule has 0 unspecified atom stereocenters. The Morgan fingerprint density at radius 1 is 0.939 bits per heavy atom. The Morgan fingerprint density at radius 2 is 1.70 bits per heavy atom. The number of nitro benzene ring substituents is 1. The Labute approximate surface area is 188 Å². The Morgan fingerprint density at radius 3 is 2.36 bits per heavy atom. The summed E-state index contributed by atoms with van der Waals surface area (Å²) in [5.74, 6) is -0.0687. The number of esters is 1. The highest BCUT2D eigenvalue weighted by Crippen LogP contribution is 2.28. The minimum absolute atomic E-state index is 0.0970. The van der Waals surface area contributed by atoms with Crippen LogP contribution in [-0.4, -0.2) is 37.2 Å². The lowest BCUT2D eigenvalue weighted by Gasteiger charge is -2.10. The van der Waals surface area contributed by atoms with E-state index in [0.717, 1.165) is 6.07 Å². The van der Waals surface area contributed by atoms with Crippen LogP contribution in [-0.2, 0) is 0 Å². The molecule has 0 aliphatic rings. The third-order valence-corrected chi connectivity index (χ3v) is 4.41. The normalized spacial score (nSPS) is 10.5. The summed E-state index contributed by atoms with van der Waals surface area (Å²) < 4.78 is 15.8. The van der Waals surface area contributed by atoms with Gasteiger partial charge in [-0.2, -0.15) is 5.10 Å². The van der Waals surface area contributed by atoms with Crippen molar-refractivity contribution in [3.63, 3.8) is 0 Å². The molecular weight excluding hydrogens is 430 g/mol. The third kappa shape index (κ3) is 5.91. The summed E-state index contributed by atoms with van der Waals surface area (Å²) in [5, 5.41) is 14.7. The van der Waals surface area contributed by atoms with Gasteiger partial charge in [0.05, 0.1) is 30.9 Å². The van der Waals surface area contributed by atoms with Crippen LogP contribution < -0.4 is 19.6 Å². The van der Waals surface area contributed by atoms with Crippen molar-refractivity contribution in [2.24, 2.45) is 5.10 Å². The number of nitrogens with one attached hydrogen (secondary N) is 1. The Hall–Kier alpha value is -4.73. The van der Waals surface area contributed by atoms with E-state index in [-0.39, 0.29) is 22.7 Å². The lowest BCUT2D eigenvalue weighted by molar-refractivity contribution is -0.384. The van der Waals surface area contributed by atoms with Gasteiger partial charge in [-0.05, 0) is 54.1 Å². The van der Waals surface area contributed by atoms with E-state index >= 15 is 0 Å². The van der Waals surface area contributed by atoms with Gasteiger partial charge >= 0.3 is 5.97 Å². The van der Waals surface area contributed by atoms with Crippen LogP contribution >= 0.6 is 0 Å². The van der Waals surface area contributed by atoms with Crippen molar-refractivity contribution in [1.29, 1.82) is 0 Å². The molecule has 10 nitrogen and oxygen atoms in total. The Kier molecular flexibility index (Phi) is 7.32. The van der Waals surface area contributed by atoms with Gasteiger partial charge < -0.3 is 14.2 Å². The first-order valence-corrected chi connectivity index (χ1v) is 9.53. The molecule has 0 fully saturated rings. The van der Waals surface area contributed by atoms with E-state index in [1.165, 1.54) is 44.7 Å². The fourth-order valence-corrected chi connectivity index (χ4v) is 2.73. The molecule has 0 aromatic heterocycles. The minimum Gasteiger partial charge on any atom is -0.497 e. The lowest BCUT2D eigenvalue weighted by atomic mass is 10.2. The standard InChI is InChI=1S/C23H19N3O7/c1-31-19-9-7-16(8-10-19)23(28)33-20-11-6-15(12-21(20)32-2)14-24-25-22(27)17-4-3-5-18(13-17)26(29)30/h3-14H,1-2H3,(H,25,27)/b24-14+. The first-order chi connectivity index (χ1) is 15.9. The number of nitrogens with zero attached hydrogens (tertiary/aromatic N) is 2. The summed E-state index contributed by atoms with van der Waals surface area (Å²) in [7, 11) is 2.95. The first kappa shape index (κ1) is 22.9. The molecule has 10 heteroatoms. The number of nitro groups is 1. The maximum absolute atomic E-state index is 12.4. The Bertz CT molecular complexity index is 1210. The average Bonchev–Trinajstić information content (AvgIpc) is 2.84. The molecule has 168 valence electrons. The highest BCUT2D eigenvalue weighted by atomic mass is 16.6. The monoisotopic (exact) mass is 449 g/mol. The maximum Gasteiger partial charge on any atom is 0.343 e. The summed E-state index contributed by atoms with van der Waals surface area (Å²) >= 11 is 0. The molecule has 0 aliphatic carbocycles. The molecule has 1 amide bonds. The van der Waals surface area contributed by atoms with Gasteiger partial charge in [-0.3, -0.25) is 14.9 Å². The fourth-order valence-electron chi connectivity index (χ4n) is 2.73. The van der Waals surface area contributed by atoms with Crippen molar-refractivity contribution in [3.8, 4) is 17.2 Å². The predicted octanol–water partition coefficient (Wildman–Crippen LogP) is 3.60. The summed E-state index contributed by atoms with van der Waals surface area (Å²) in [4.78, 5) is 34.8. The molecule has 3 aromatic carbocycles. The molecule has 0 atom stereocenters. The second-order valence-corrected chi connectivity index (χ2v) is 6.53. The van der Waals surface area contributed by atoms with Gasteiger partial charge in [-0.1, -0.05) is 6.07 Å². The molecule has 0 saturated carbocycles. The summed E-state index contributed by atoms with van der Waals surface area (Å²) in [6.07, 6.45) is 1.35. The number of hydrazone groups is 1. The van der Waals surface area contributed by atoms with Crippen LogP contribution in [0.15, 0.2) is 71.8 Å². The molecule has 0 heterocycles. The molecule has 0 aliphatic heterocycles. The van der Waals surface area contributed by atoms with E-state index in [1.54, 1.807) is 36.4 Å². The minimum atomic E-state index is -0.605. The zero-order valence-electron chi connectivity index (χ0n) is 17.7. The van der Waals surface area contributed by atoms with Crippen LogP contribution in [0.5, 0.6) is 17.2 Å². The summed E-state index contributed by atoms with van der Waals surface area (Å²) in [6, 6.07) is 16.5. The zero-order chi connectivity index (χ0) is 23.8. The van der Waals surface area contributed by atoms with E-state index in [2.05, 4.69) is 10.5 Å². The zero-order valence-corrected chi connectivity index (χ0v) is 17.7. The molecule has 1 N–H and O–H groups in total. The van der Waals surface area contributed by atoms with Crippen molar-refractivity contribution < 1.29 is 28.7 Å². The molecule has 0 spiro atoms. The molecule has 0 saturated heterocycles. The number of non-ortho nitro benzene ring substituents is 1. The molecule has 3 rings (SSSR count). The van der Waals surface area contributed by atoms with Crippen LogP contribution in [0.25, 0.3) is 0 Å². The number of benzene rings is 3. The van der Waals surface area contributed by atoms with Gasteiger partial charge in [0, 0.05) is 17.7 Å². The predicted molar refractivity (Wildman–Crippen MR) is 119 cm³/mol. The van der Waals surface area contributed by atoms with Crippen LogP contribution in [0.3, 0.4) is 0 Å². The third-order valence-electron chi connectivity index (χ3n) is 4.41. The van der Waals surface area contributed by atoms with E-state index < -0.39 is 16.8 Å². The number of carbonyl (C=O) groups excluding carboxylic acids is 2. The van der Waals surface area contributed by atoms with Crippen molar-refractivity contribution in [3.05, 3.63) is 93.5 Å². The van der Waals surface area contributed by atoms with Crippen LogP contribution in [0, 0.1) is 10.1 Å². The van der Waals surface area contributed by atoms with Crippen molar-refractivity contribution >= 4 is 23.8 Å². The molecule has 0 radical (unpaired) electrons. The Balaban J connectivity index is 1.66. The maximum atomic E-state index is 12.4. The molecule has 0 bridgehead atoms. The van der Waals surface area contributed by atoms with Gasteiger partial charge in [0.15, 0.2) is 11.5 Å². The van der Waals surface area contributed by atoms with E-state index in [0.29, 0.717) is 16.9 Å². The largest absolute Gasteiger partial charge is 0.497 e. The van der Waals surface area contributed by atoms with Gasteiger partial charge in [0.2, 0.25) is 0 Å². The van der Waals surface area contributed by atoms with Crippen LogP contribution in [0.1, 0.15) is 26.3 Å². The molecular formula is C23H19N3O7. The van der Waals surface area contributed by atoms with Crippen molar-refractivity contribution in [2.45, 2.75) is 0 Å². The second-order valence-electron chi connectivity index (χ2n) is 6.53. The van der Waals surface area contributed by atoms with Crippen LogP contribution in [0.4, 0.5) is 5.69 Å². The topological polar surface area (TPSA) is 129 Å². The van der Waals surface area contributed by atoms with Gasteiger partial charge in [0.25, 0.3) is 11.6 Å². The van der Waals surface area contributed by atoms with Gasteiger partial charge in [-0.15, -0.1) is 0 Å². The van der Waals surface area contributed by atoms with Crippen molar-refractivity contribution in [1.82, 2.24) is 5.43 Å². The number of ether oxygens (including phenoxy) is 3. The van der Waals surface area contributed by atoms with Crippen LogP contribution in [0.2, 0.25) is 0 Å². The number of hydrogen-bond acceptors (Lipinski definition) is 8. The number of hydrogen-bond donors (Lipinski definition) is 1. The number of amides is 1. The summed E-state index contributed by atoms with van der Waals surface area (Å²) in [6.45, 7) is 0. The summed E-state index contributed by atoms with van der Waals surface area (Å²) in [5.41, 5.74) is 3.09. The second kappa shape index (κ2) is 10.5. The highest BCUT2D eigenvalue weighted by molar-refractivity contribution is 5.95. The fraction of sp³-hybridized carbons (Fsp3) is 0.0870. The quantitative estimate of drug-likeness (QED) is 0.183. The smallest absolute Gasteiger partial charge is 0.343 e. The van der Waals surface area contributed by atoms with E-state index in [4.69, 9.17) is 14.2 Å². The number of methoxy groups -OCH3 is 2. The van der Waals surface area contributed by atoms with E-state index in [9.17, 15) is 19.7 Å².